The van der Waals surface area contributed by atoms with Gasteiger partial charge in [0.05, 0.1) is 39.3 Å². The van der Waals surface area contributed by atoms with Gasteiger partial charge in [-0.25, -0.2) is 27.3 Å². The minimum Gasteiger partial charge on any atom is -0.354 e. The van der Waals surface area contributed by atoms with Crippen molar-refractivity contribution < 1.29 is 13.0 Å². The monoisotopic (exact) mass is 471 g/mol. The number of nitrogens with one attached hydrogen (secondary N) is 2. The van der Waals surface area contributed by atoms with E-state index in [4.69, 9.17) is 4.98 Å². The summed E-state index contributed by atoms with van der Waals surface area (Å²) >= 11 is 0. The summed E-state index contributed by atoms with van der Waals surface area (Å²) < 4.78 is 42.9. The first-order valence-corrected chi connectivity index (χ1v) is 12.1. The number of hydrogen-bond acceptors (Lipinski definition) is 6. The number of pyridine rings is 1. The summed E-state index contributed by atoms with van der Waals surface area (Å²) in [6.07, 6.45) is 1.68. The number of aliphatic imine (C=N–C) groups is 1. The number of rotatable bonds is 3. The van der Waals surface area contributed by atoms with Crippen molar-refractivity contribution in [1.29, 1.82) is 0 Å². The standard InChI is InChI=1S/C22H23F2N7OS/c1-12-19-14(11-17(25-12)30-7-9-31(10-8-30)33(3)32)21-20(13(2)28-29-21)27-22(26-19)18-15(23)5-4-6-16(18)24/h4-6,11H,7-10H2,1-3H3,(H,26,27)(H,28,29). The van der Waals surface area contributed by atoms with Crippen molar-refractivity contribution in [3.8, 4) is 11.3 Å². The fraction of sp³-hybridized carbons (Fsp3) is 0.318. The number of amidine groups is 1. The van der Waals surface area contributed by atoms with E-state index in [2.05, 4.69) is 25.4 Å². The smallest absolute Gasteiger partial charge is 0.144 e. The van der Waals surface area contributed by atoms with Gasteiger partial charge in [0.25, 0.3) is 0 Å². The zero-order valence-electron chi connectivity index (χ0n) is 18.4. The van der Waals surface area contributed by atoms with Gasteiger partial charge in [-0.3, -0.25) is 5.10 Å². The minimum absolute atomic E-state index is 0.0618. The molecular formula is C22H23F2N7OS. The Kier molecular flexibility index (Phi) is 5.45. The molecule has 0 saturated carbocycles. The molecular weight excluding hydrogens is 448 g/mol. The molecule has 11 heteroatoms. The van der Waals surface area contributed by atoms with E-state index in [1.807, 2.05) is 24.2 Å². The van der Waals surface area contributed by atoms with Crippen LogP contribution in [-0.2, 0) is 11.0 Å². The maximum absolute atomic E-state index is 14.6. The highest BCUT2D eigenvalue weighted by molar-refractivity contribution is 7.81. The van der Waals surface area contributed by atoms with Crippen LogP contribution in [0.1, 0.15) is 17.0 Å². The zero-order valence-corrected chi connectivity index (χ0v) is 19.3. The number of benzene rings is 1. The molecule has 2 aliphatic heterocycles. The second kappa shape index (κ2) is 8.31. The van der Waals surface area contributed by atoms with Gasteiger partial charge in [-0.15, -0.1) is 0 Å². The second-order valence-corrected chi connectivity index (χ2v) is 9.42. The number of halogens is 2. The topological polar surface area (TPSA) is 89.5 Å². The lowest BCUT2D eigenvalue weighted by molar-refractivity contribution is 0.411. The molecule has 33 heavy (non-hydrogen) atoms. The summed E-state index contributed by atoms with van der Waals surface area (Å²) in [5, 5.41) is 10.5. The van der Waals surface area contributed by atoms with Gasteiger partial charge in [-0.05, 0) is 32.0 Å². The number of fused-ring (bicyclic) bond motifs is 3. The first-order chi connectivity index (χ1) is 15.8. The lowest BCUT2D eigenvalue weighted by Gasteiger charge is -2.34. The van der Waals surface area contributed by atoms with Gasteiger partial charge in [-0.2, -0.15) is 5.10 Å². The van der Waals surface area contributed by atoms with E-state index in [0.29, 0.717) is 48.9 Å². The molecule has 3 aromatic rings. The number of hydrogen-bond donors (Lipinski definition) is 2. The van der Waals surface area contributed by atoms with Gasteiger partial charge < -0.3 is 10.2 Å². The third-order valence-electron chi connectivity index (χ3n) is 5.95. The molecule has 1 saturated heterocycles. The molecule has 1 atom stereocenters. The molecule has 0 aliphatic carbocycles. The van der Waals surface area contributed by atoms with Crippen molar-refractivity contribution >= 4 is 34.0 Å². The van der Waals surface area contributed by atoms with E-state index in [1.54, 1.807) is 6.26 Å². The van der Waals surface area contributed by atoms with E-state index >= 15 is 0 Å². The molecule has 4 heterocycles. The summed E-state index contributed by atoms with van der Waals surface area (Å²) in [6.45, 7) is 6.37. The van der Waals surface area contributed by atoms with Crippen LogP contribution in [0.3, 0.4) is 0 Å². The van der Waals surface area contributed by atoms with Crippen LogP contribution in [0.25, 0.3) is 11.3 Å². The minimum atomic E-state index is -1.00. The number of aromatic amines is 1. The van der Waals surface area contributed by atoms with Crippen LogP contribution < -0.4 is 10.2 Å². The molecule has 0 radical (unpaired) electrons. The maximum atomic E-state index is 14.6. The summed E-state index contributed by atoms with van der Waals surface area (Å²) in [6, 6.07) is 5.64. The molecule has 0 amide bonds. The van der Waals surface area contributed by atoms with E-state index in [1.165, 1.54) is 18.2 Å². The summed E-state index contributed by atoms with van der Waals surface area (Å²) in [4.78, 5) is 11.5. The lowest BCUT2D eigenvalue weighted by Crippen LogP contribution is -2.47. The first kappa shape index (κ1) is 21.7. The molecule has 1 unspecified atom stereocenters. The van der Waals surface area contributed by atoms with Gasteiger partial charge in [0.15, 0.2) is 0 Å². The largest absolute Gasteiger partial charge is 0.354 e. The summed E-state index contributed by atoms with van der Waals surface area (Å²) in [7, 11) is -1.00. The molecule has 2 aromatic heterocycles. The number of piperazine rings is 1. The van der Waals surface area contributed by atoms with Crippen molar-refractivity contribution in [3.63, 3.8) is 0 Å². The van der Waals surface area contributed by atoms with Gasteiger partial charge in [0.2, 0.25) is 0 Å². The Labute approximate surface area is 192 Å². The van der Waals surface area contributed by atoms with Crippen LogP contribution in [0.15, 0.2) is 29.3 Å². The maximum Gasteiger partial charge on any atom is 0.144 e. The van der Waals surface area contributed by atoms with Crippen LogP contribution in [0.5, 0.6) is 0 Å². The van der Waals surface area contributed by atoms with Crippen LogP contribution >= 0.6 is 0 Å². The predicted molar refractivity (Wildman–Crippen MR) is 125 cm³/mol. The highest BCUT2D eigenvalue weighted by Gasteiger charge is 2.28. The predicted octanol–water partition coefficient (Wildman–Crippen LogP) is 3.29. The van der Waals surface area contributed by atoms with E-state index < -0.39 is 22.6 Å². The lowest BCUT2D eigenvalue weighted by atomic mass is 10.1. The Morgan fingerprint density at radius 2 is 1.79 bits per heavy atom. The van der Waals surface area contributed by atoms with Gasteiger partial charge in [0, 0.05) is 38.0 Å². The molecule has 0 spiro atoms. The summed E-state index contributed by atoms with van der Waals surface area (Å²) in [5.41, 5.74) is 3.55. The molecule has 8 nitrogen and oxygen atoms in total. The molecule has 2 N–H and O–H groups in total. The summed E-state index contributed by atoms with van der Waals surface area (Å²) in [5.74, 6) is -0.594. The molecule has 0 bridgehead atoms. The van der Waals surface area contributed by atoms with E-state index in [0.717, 1.165) is 17.1 Å². The average molecular weight is 472 g/mol. The quantitative estimate of drug-likeness (QED) is 0.612. The van der Waals surface area contributed by atoms with E-state index in [-0.39, 0.29) is 11.4 Å². The van der Waals surface area contributed by atoms with E-state index in [9.17, 15) is 13.0 Å². The highest BCUT2D eigenvalue weighted by Crippen LogP contribution is 2.41. The molecule has 5 rings (SSSR count). The third kappa shape index (κ3) is 3.80. The van der Waals surface area contributed by atoms with Crippen molar-refractivity contribution in [2.45, 2.75) is 13.8 Å². The molecule has 1 fully saturated rings. The average Bonchev–Trinajstić information content (AvgIpc) is 3.05. The van der Waals surface area contributed by atoms with Gasteiger partial charge in [0.1, 0.15) is 29.0 Å². The zero-order chi connectivity index (χ0) is 23.3. The Bertz CT molecular complexity index is 1280. The molecule has 172 valence electrons. The number of H-pyrrole nitrogens is 1. The number of aromatic nitrogens is 3. The fourth-order valence-electron chi connectivity index (χ4n) is 4.18. The number of anilines is 2. The van der Waals surface area contributed by atoms with Crippen molar-refractivity contribution in [1.82, 2.24) is 19.5 Å². The molecule has 1 aromatic carbocycles. The SMILES string of the molecule is Cc1nc(N2CCN(S(C)=O)CC2)cc2c1N=C(c1c(F)cccc1F)Nc1c-2n[nH]c1C. The van der Waals surface area contributed by atoms with Gasteiger partial charge in [-0.1, -0.05) is 6.07 Å². The Morgan fingerprint density at radius 3 is 2.45 bits per heavy atom. The van der Waals surface area contributed by atoms with Crippen molar-refractivity contribution in [2.75, 3.05) is 42.7 Å². The first-order valence-electron chi connectivity index (χ1n) is 10.5. The fourth-order valence-corrected chi connectivity index (χ4v) is 4.86. The number of aryl methyl sites for hydroxylation is 2. The third-order valence-corrected chi connectivity index (χ3v) is 7.04. The number of nitrogens with zero attached hydrogens (tertiary/aromatic N) is 5. The van der Waals surface area contributed by atoms with Crippen LogP contribution in [0.4, 0.5) is 26.0 Å². The van der Waals surface area contributed by atoms with Crippen molar-refractivity contribution in [3.05, 3.63) is 52.9 Å². The van der Waals surface area contributed by atoms with Crippen LogP contribution in [0.2, 0.25) is 0 Å². The normalized spacial score (nSPS) is 17.0. The molecule has 2 aliphatic rings. The second-order valence-electron chi connectivity index (χ2n) is 8.06. The van der Waals surface area contributed by atoms with Crippen LogP contribution in [-0.4, -0.2) is 62.0 Å². The Balaban J connectivity index is 1.63. The Hall–Kier alpha value is -3.18. The highest BCUT2D eigenvalue weighted by atomic mass is 32.2. The van der Waals surface area contributed by atoms with Crippen LogP contribution in [0, 0.1) is 25.5 Å². The van der Waals surface area contributed by atoms with Crippen molar-refractivity contribution in [2.24, 2.45) is 4.99 Å². The Morgan fingerprint density at radius 1 is 1.09 bits per heavy atom. The van der Waals surface area contributed by atoms with Gasteiger partial charge >= 0.3 is 0 Å².